The van der Waals surface area contributed by atoms with Crippen molar-refractivity contribution in [1.29, 1.82) is 0 Å². The van der Waals surface area contributed by atoms with E-state index in [-0.39, 0.29) is 0 Å². The van der Waals surface area contributed by atoms with Crippen LogP contribution in [0.2, 0.25) is 0 Å². The third-order valence-corrected chi connectivity index (χ3v) is 13.4. The summed E-state index contributed by atoms with van der Waals surface area (Å²) in [6.07, 6.45) is 0. The maximum Gasteiger partial charge on any atom is 0.0464 e. The third kappa shape index (κ3) is 8.93. The molecule has 2 N–H and O–H groups in total. The van der Waals surface area contributed by atoms with Crippen LogP contribution in [0.25, 0.3) is 54.9 Å². The van der Waals surface area contributed by atoms with Gasteiger partial charge in [0.05, 0.1) is 0 Å². The molecule has 12 aromatic carbocycles. The average molecular weight is 923 g/mol. The van der Waals surface area contributed by atoms with Crippen molar-refractivity contribution in [1.82, 2.24) is 0 Å². The van der Waals surface area contributed by atoms with Crippen LogP contribution in [0.5, 0.6) is 0 Å². The molecule has 0 aliphatic heterocycles. The number of rotatable bonds is 13. The van der Waals surface area contributed by atoms with Gasteiger partial charge in [-0.25, -0.2) is 0 Å². The van der Waals surface area contributed by atoms with Crippen LogP contribution in [-0.2, 0) is 0 Å². The number of fused-ring (bicyclic) bond motifs is 2. The van der Waals surface area contributed by atoms with E-state index in [1.165, 1.54) is 43.8 Å². The lowest BCUT2D eigenvalue weighted by Gasteiger charge is -2.26. The molecule has 0 bridgehead atoms. The van der Waals surface area contributed by atoms with Crippen molar-refractivity contribution < 1.29 is 0 Å². The van der Waals surface area contributed by atoms with Crippen molar-refractivity contribution in [3.8, 4) is 33.4 Å². The van der Waals surface area contributed by atoms with Crippen LogP contribution >= 0.6 is 0 Å². The smallest absolute Gasteiger partial charge is 0.0464 e. The van der Waals surface area contributed by atoms with Gasteiger partial charge in [-0.15, -0.1) is 0 Å². The van der Waals surface area contributed by atoms with Crippen LogP contribution in [0.4, 0.5) is 56.9 Å². The first kappa shape index (κ1) is 43.6. The molecule has 0 aliphatic carbocycles. The van der Waals surface area contributed by atoms with Gasteiger partial charge in [-0.2, -0.15) is 0 Å². The SMILES string of the molecule is c1ccc(N(c2ccc(Nc3ccccc3-c3cccc4ccccc34)cc2)c2ccc(-c3ccc(N(c4ccccc4)c4ccc(Nc5ccccc5-c5cccc6ccccc56)cc4)cc3)cc2)cc1. The van der Waals surface area contributed by atoms with Crippen LogP contribution in [0.15, 0.2) is 291 Å². The standard InChI is InChI=1S/C68H50N4/c1-3-21-55(22-4-1)71(59-45-37-53(38-46-59)69-67-31-13-11-27-65(67)63-29-15-19-51-17-7-9-25-61(51)63)57-41-33-49(34-42-57)50-35-43-58(44-36-50)72(56-23-5-2-6-24-56)60-47-39-54(40-48-60)70-68-32-14-12-28-66(68)64-30-16-20-52-18-8-10-26-62(52)64/h1-48,69-70H. The van der Waals surface area contributed by atoms with Gasteiger partial charge in [-0.05, 0) is 153 Å². The highest BCUT2D eigenvalue weighted by atomic mass is 15.1. The van der Waals surface area contributed by atoms with E-state index in [2.05, 4.69) is 312 Å². The van der Waals surface area contributed by atoms with E-state index < -0.39 is 0 Å². The first-order valence-electron chi connectivity index (χ1n) is 24.5. The number of hydrogen-bond acceptors (Lipinski definition) is 4. The van der Waals surface area contributed by atoms with Gasteiger partial charge in [0.25, 0.3) is 0 Å². The first-order valence-corrected chi connectivity index (χ1v) is 24.5. The van der Waals surface area contributed by atoms with Gasteiger partial charge in [0.15, 0.2) is 0 Å². The molecule has 0 unspecified atom stereocenters. The minimum absolute atomic E-state index is 1.02. The topological polar surface area (TPSA) is 30.5 Å². The quantitative estimate of drug-likeness (QED) is 0.121. The molecule has 12 aromatic rings. The van der Waals surface area contributed by atoms with Gasteiger partial charge < -0.3 is 20.4 Å². The van der Waals surface area contributed by atoms with Gasteiger partial charge in [0.2, 0.25) is 0 Å². The first-order chi connectivity index (χ1) is 35.7. The van der Waals surface area contributed by atoms with E-state index in [0.717, 1.165) is 68.0 Å². The highest BCUT2D eigenvalue weighted by molar-refractivity contribution is 6.01. The number of anilines is 10. The molecule has 72 heavy (non-hydrogen) atoms. The van der Waals surface area contributed by atoms with E-state index in [0.29, 0.717) is 0 Å². The predicted molar refractivity (Wildman–Crippen MR) is 307 cm³/mol. The molecule has 0 saturated carbocycles. The van der Waals surface area contributed by atoms with Crippen LogP contribution in [0.3, 0.4) is 0 Å². The minimum Gasteiger partial charge on any atom is -0.355 e. The van der Waals surface area contributed by atoms with Gasteiger partial charge in [-0.1, -0.05) is 182 Å². The van der Waals surface area contributed by atoms with Gasteiger partial charge in [0, 0.05) is 68.0 Å². The second-order valence-corrected chi connectivity index (χ2v) is 17.9. The Morgan fingerprint density at radius 2 is 0.500 bits per heavy atom. The second-order valence-electron chi connectivity index (χ2n) is 17.9. The van der Waals surface area contributed by atoms with E-state index in [1.54, 1.807) is 0 Å². The Labute approximate surface area is 421 Å². The molecule has 0 spiro atoms. The molecule has 0 aliphatic rings. The van der Waals surface area contributed by atoms with Gasteiger partial charge in [-0.3, -0.25) is 0 Å². The number of nitrogens with one attached hydrogen (secondary N) is 2. The Bertz CT molecular complexity index is 3510. The molecule has 0 saturated heterocycles. The molecule has 12 rings (SSSR count). The Hall–Kier alpha value is -9.64. The van der Waals surface area contributed by atoms with Crippen molar-refractivity contribution >= 4 is 78.4 Å². The molecular formula is C68H50N4. The largest absolute Gasteiger partial charge is 0.355 e. The highest BCUT2D eigenvalue weighted by Gasteiger charge is 2.17. The lowest BCUT2D eigenvalue weighted by molar-refractivity contribution is 1.28. The fourth-order valence-corrected chi connectivity index (χ4v) is 9.93. The third-order valence-electron chi connectivity index (χ3n) is 13.4. The van der Waals surface area contributed by atoms with Crippen LogP contribution in [0.1, 0.15) is 0 Å². The fraction of sp³-hybridized carbons (Fsp3) is 0. The number of benzene rings is 12. The van der Waals surface area contributed by atoms with E-state index in [9.17, 15) is 0 Å². The Morgan fingerprint density at radius 3 is 0.903 bits per heavy atom. The van der Waals surface area contributed by atoms with Crippen LogP contribution in [0, 0.1) is 0 Å². The summed E-state index contributed by atoms with van der Waals surface area (Å²) >= 11 is 0. The maximum absolute atomic E-state index is 3.73. The second kappa shape index (κ2) is 19.8. The monoisotopic (exact) mass is 922 g/mol. The number of nitrogens with zero attached hydrogens (tertiary/aromatic N) is 2. The van der Waals surface area contributed by atoms with Gasteiger partial charge in [0.1, 0.15) is 0 Å². The van der Waals surface area contributed by atoms with Crippen molar-refractivity contribution in [2.24, 2.45) is 0 Å². The fourth-order valence-electron chi connectivity index (χ4n) is 9.93. The van der Waals surface area contributed by atoms with Crippen molar-refractivity contribution in [2.45, 2.75) is 0 Å². The molecule has 4 heteroatoms. The van der Waals surface area contributed by atoms with E-state index >= 15 is 0 Å². The molecule has 0 radical (unpaired) electrons. The van der Waals surface area contributed by atoms with Crippen molar-refractivity contribution in [3.05, 3.63) is 291 Å². The number of para-hydroxylation sites is 4. The highest BCUT2D eigenvalue weighted by Crippen LogP contribution is 2.41. The molecular weight excluding hydrogens is 873 g/mol. The zero-order valence-electron chi connectivity index (χ0n) is 39.6. The summed E-state index contributed by atoms with van der Waals surface area (Å²) in [5, 5.41) is 12.4. The summed E-state index contributed by atoms with van der Waals surface area (Å²) in [7, 11) is 0. The Kier molecular flexibility index (Phi) is 12.0. The van der Waals surface area contributed by atoms with Crippen LogP contribution in [-0.4, -0.2) is 0 Å². The molecule has 0 fully saturated rings. The predicted octanol–water partition coefficient (Wildman–Crippen LogP) is 19.4. The summed E-state index contributed by atoms with van der Waals surface area (Å²) in [5.74, 6) is 0. The molecule has 0 amide bonds. The molecule has 4 nitrogen and oxygen atoms in total. The maximum atomic E-state index is 3.73. The van der Waals surface area contributed by atoms with E-state index in [4.69, 9.17) is 0 Å². The lowest BCUT2D eigenvalue weighted by Crippen LogP contribution is -2.10. The summed E-state index contributed by atoms with van der Waals surface area (Å²) in [6, 6.07) is 104. The van der Waals surface area contributed by atoms with Crippen LogP contribution < -0.4 is 20.4 Å². The van der Waals surface area contributed by atoms with Crippen molar-refractivity contribution in [3.63, 3.8) is 0 Å². The molecule has 0 heterocycles. The molecule has 342 valence electrons. The average Bonchev–Trinajstić information content (AvgIpc) is 3.45. The zero-order valence-corrected chi connectivity index (χ0v) is 39.6. The normalized spacial score (nSPS) is 11.1. The van der Waals surface area contributed by atoms with Gasteiger partial charge >= 0.3 is 0 Å². The summed E-state index contributed by atoms with van der Waals surface area (Å²) in [6.45, 7) is 0. The number of hydrogen-bond donors (Lipinski definition) is 2. The Balaban J connectivity index is 0.787. The molecule has 0 aromatic heterocycles. The molecule has 0 atom stereocenters. The zero-order chi connectivity index (χ0) is 48.1. The summed E-state index contributed by atoms with van der Waals surface area (Å²) in [5.41, 5.74) is 17.7. The van der Waals surface area contributed by atoms with E-state index in [1.807, 2.05) is 0 Å². The van der Waals surface area contributed by atoms with Crippen molar-refractivity contribution in [2.75, 3.05) is 20.4 Å². The summed E-state index contributed by atoms with van der Waals surface area (Å²) in [4.78, 5) is 4.62. The Morgan fingerprint density at radius 1 is 0.208 bits per heavy atom. The minimum atomic E-state index is 1.02. The summed E-state index contributed by atoms with van der Waals surface area (Å²) < 4.78 is 0. The lowest BCUT2D eigenvalue weighted by atomic mass is 9.97.